The molecule has 2 aromatic carbocycles. The maximum Gasteiger partial charge on any atom is 0.273 e. The Bertz CT molecular complexity index is 1010. The summed E-state index contributed by atoms with van der Waals surface area (Å²) in [4.78, 5) is 13.9. The van der Waals surface area contributed by atoms with Crippen LogP contribution < -0.4 is 5.32 Å². The SMILES string of the molecule is O=C(NCc1ccccc1-c1ccsc1)c1cnn(-c2ccccc2)n1. The average Bonchev–Trinajstić information content (AvgIpc) is 3.39. The number of hydrogen-bond donors (Lipinski definition) is 1. The molecule has 6 heteroatoms. The van der Waals surface area contributed by atoms with Crippen molar-refractivity contribution in [3.05, 3.63) is 88.9 Å². The summed E-state index contributed by atoms with van der Waals surface area (Å²) in [5.74, 6) is -0.243. The molecule has 2 heterocycles. The molecular weight excluding hydrogens is 344 g/mol. The van der Waals surface area contributed by atoms with Crippen molar-refractivity contribution in [3.63, 3.8) is 0 Å². The van der Waals surface area contributed by atoms with Crippen LogP contribution in [0.5, 0.6) is 0 Å². The second kappa shape index (κ2) is 7.33. The standard InChI is InChI=1S/C20H16N4OS/c25-20(19-13-22-24(23-19)17-7-2-1-3-8-17)21-12-15-6-4-5-9-18(15)16-10-11-26-14-16/h1-11,13-14H,12H2,(H,21,25). The Labute approximate surface area is 154 Å². The van der Waals surface area contributed by atoms with Crippen LogP contribution in [-0.2, 0) is 6.54 Å². The van der Waals surface area contributed by atoms with Gasteiger partial charge in [-0.2, -0.15) is 21.2 Å². The van der Waals surface area contributed by atoms with Gasteiger partial charge in [-0.25, -0.2) is 0 Å². The first kappa shape index (κ1) is 16.2. The van der Waals surface area contributed by atoms with Crippen LogP contribution in [0.15, 0.2) is 77.6 Å². The lowest BCUT2D eigenvalue weighted by Crippen LogP contribution is -2.23. The fraction of sp³-hybridized carbons (Fsp3) is 0.0500. The first-order valence-electron chi connectivity index (χ1n) is 8.18. The Morgan fingerprint density at radius 3 is 2.65 bits per heavy atom. The highest BCUT2D eigenvalue weighted by Crippen LogP contribution is 2.25. The van der Waals surface area contributed by atoms with Gasteiger partial charge in [0, 0.05) is 6.54 Å². The van der Waals surface area contributed by atoms with E-state index in [-0.39, 0.29) is 5.91 Å². The Morgan fingerprint density at radius 2 is 1.85 bits per heavy atom. The predicted octanol–water partition coefficient (Wildman–Crippen LogP) is 3.93. The maximum atomic E-state index is 12.4. The van der Waals surface area contributed by atoms with Gasteiger partial charge in [0.15, 0.2) is 5.69 Å². The number of nitrogens with zero attached hydrogens (tertiary/aromatic N) is 3. The van der Waals surface area contributed by atoms with Crippen molar-refractivity contribution in [2.24, 2.45) is 0 Å². The van der Waals surface area contributed by atoms with Crippen LogP contribution in [0.2, 0.25) is 0 Å². The smallest absolute Gasteiger partial charge is 0.273 e. The van der Waals surface area contributed by atoms with Crippen LogP contribution in [0.4, 0.5) is 0 Å². The number of thiophene rings is 1. The van der Waals surface area contributed by atoms with Crippen molar-refractivity contribution in [1.82, 2.24) is 20.3 Å². The molecule has 0 aliphatic rings. The quantitative estimate of drug-likeness (QED) is 0.587. The van der Waals surface area contributed by atoms with Crippen LogP contribution in [0.1, 0.15) is 16.1 Å². The Kier molecular flexibility index (Phi) is 4.57. The third kappa shape index (κ3) is 3.41. The van der Waals surface area contributed by atoms with Crippen molar-refractivity contribution in [2.75, 3.05) is 0 Å². The van der Waals surface area contributed by atoms with Crippen LogP contribution in [0.25, 0.3) is 16.8 Å². The van der Waals surface area contributed by atoms with E-state index in [1.165, 1.54) is 11.0 Å². The highest BCUT2D eigenvalue weighted by molar-refractivity contribution is 7.08. The van der Waals surface area contributed by atoms with Gasteiger partial charge in [0.2, 0.25) is 0 Å². The molecule has 1 amide bonds. The molecule has 0 bridgehead atoms. The van der Waals surface area contributed by atoms with Crippen LogP contribution in [0, 0.1) is 0 Å². The van der Waals surface area contributed by atoms with Gasteiger partial charge in [-0.3, -0.25) is 4.79 Å². The van der Waals surface area contributed by atoms with E-state index >= 15 is 0 Å². The van der Waals surface area contributed by atoms with E-state index in [0.29, 0.717) is 12.2 Å². The zero-order valence-corrected chi connectivity index (χ0v) is 14.7. The van der Waals surface area contributed by atoms with Gasteiger partial charge in [0.1, 0.15) is 0 Å². The number of hydrogen-bond acceptors (Lipinski definition) is 4. The molecule has 2 aromatic heterocycles. The summed E-state index contributed by atoms with van der Waals surface area (Å²) >= 11 is 1.66. The van der Waals surface area contributed by atoms with Gasteiger partial charge in [0.25, 0.3) is 5.91 Å². The number of benzene rings is 2. The van der Waals surface area contributed by atoms with E-state index in [1.54, 1.807) is 11.3 Å². The minimum absolute atomic E-state index is 0.243. The van der Waals surface area contributed by atoms with Gasteiger partial charge >= 0.3 is 0 Å². The monoisotopic (exact) mass is 360 g/mol. The van der Waals surface area contributed by atoms with Crippen molar-refractivity contribution in [1.29, 1.82) is 0 Å². The van der Waals surface area contributed by atoms with Crippen molar-refractivity contribution in [3.8, 4) is 16.8 Å². The maximum absolute atomic E-state index is 12.4. The summed E-state index contributed by atoms with van der Waals surface area (Å²) in [5.41, 5.74) is 4.46. The number of amides is 1. The third-order valence-corrected chi connectivity index (χ3v) is 4.68. The second-order valence-electron chi connectivity index (χ2n) is 5.71. The average molecular weight is 360 g/mol. The van der Waals surface area contributed by atoms with Gasteiger partial charge in [0.05, 0.1) is 11.9 Å². The number of para-hydroxylation sites is 1. The summed E-state index contributed by atoms with van der Waals surface area (Å²) in [5, 5.41) is 15.5. The highest BCUT2D eigenvalue weighted by atomic mass is 32.1. The fourth-order valence-corrected chi connectivity index (χ4v) is 3.35. The van der Waals surface area contributed by atoms with Crippen molar-refractivity contribution in [2.45, 2.75) is 6.54 Å². The molecular formula is C20H16N4OS. The van der Waals surface area contributed by atoms with Gasteiger partial charge in [-0.1, -0.05) is 42.5 Å². The van der Waals surface area contributed by atoms with Gasteiger partial charge < -0.3 is 5.32 Å². The molecule has 0 saturated carbocycles. The normalized spacial score (nSPS) is 10.6. The summed E-state index contributed by atoms with van der Waals surface area (Å²) in [6.45, 7) is 0.434. The minimum Gasteiger partial charge on any atom is -0.346 e. The summed E-state index contributed by atoms with van der Waals surface area (Å²) < 4.78 is 0. The number of nitrogens with one attached hydrogen (secondary N) is 1. The summed E-state index contributed by atoms with van der Waals surface area (Å²) in [6, 6.07) is 19.6. The number of rotatable bonds is 5. The molecule has 128 valence electrons. The predicted molar refractivity (Wildman–Crippen MR) is 102 cm³/mol. The van der Waals surface area contributed by atoms with Crippen LogP contribution in [0.3, 0.4) is 0 Å². The Balaban J connectivity index is 1.48. The highest BCUT2D eigenvalue weighted by Gasteiger charge is 2.12. The molecule has 0 aliphatic carbocycles. The van der Waals surface area contributed by atoms with E-state index in [4.69, 9.17) is 0 Å². The Morgan fingerprint density at radius 1 is 1.04 bits per heavy atom. The lowest BCUT2D eigenvalue weighted by atomic mass is 10.0. The molecule has 5 nitrogen and oxygen atoms in total. The molecule has 1 N–H and O–H groups in total. The van der Waals surface area contributed by atoms with E-state index in [9.17, 15) is 4.79 Å². The summed E-state index contributed by atoms with van der Waals surface area (Å²) in [6.07, 6.45) is 1.48. The molecule has 0 unspecified atom stereocenters. The number of carbonyl (C=O) groups excluding carboxylic acids is 1. The zero-order valence-electron chi connectivity index (χ0n) is 13.9. The first-order chi connectivity index (χ1) is 12.8. The lowest BCUT2D eigenvalue weighted by Gasteiger charge is -2.09. The van der Waals surface area contributed by atoms with Crippen LogP contribution >= 0.6 is 11.3 Å². The first-order valence-corrected chi connectivity index (χ1v) is 9.12. The van der Waals surface area contributed by atoms with Crippen LogP contribution in [-0.4, -0.2) is 20.9 Å². The number of aromatic nitrogens is 3. The zero-order chi connectivity index (χ0) is 17.8. The minimum atomic E-state index is -0.243. The van der Waals surface area contributed by atoms with Gasteiger partial charge in [-0.05, 0) is 45.6 Å². The molecule has 0 atom stereocenters. The topological polar surface area (TPSA) is 59.8 Å². The van der Waals surface area contributed by atoms with E-state index < -0.39 is 0 Å². The largest absolute Gasteiger partial charge is 0.346 e. The number of carbonyl (C=O) groups is 1. The summed E-state index contributed by atoms with van der Waals surface area (Å²) in [7, 11) is 0. The molecule has 0 radical (unpaired) electrons. The van der Waals surface area contributed by atoms with Crippen molar-refractivity contribution >= 4 is 17.2 Å². The molecule has 4 aromatic rings. The van der Waals surface area contributed by atoms with E-state index in [1.807, 2.05) is 53.9 Å². The fourth-order valence-electron chi connectivity index (χ4n) is 2.69. The lowest BCUT2D eigenvalue weighted by molar-refractivity contribution is 0.0945. The van der Waals surface area contributed by atoms with E-state index in [2.05, 4.69) is 33.0 Å². The van der Waals surface area contributed by atoms with Gasteiger partial charge in [-0.15, -0.1) is 5.10 Å². The third-order valence-electron chi connectivity index (χ3n) is 4.00. The molecule has 4 rings (SSSR count). The molecule has 0 fully saturated rings. The molecule has 0 spiro atoms. The molecule has 0 saturated heterocycles. The second-order valence-corrected chi connectivity index (χ2v) is 6.49. The van der Waals surface area contributed by atoms with Crippen molar-refractivity contribution < 1.29 is 4.79 Å². The Hall–Kier alpha value is -3.25. The molecule has 26 heavy (non-hydrogen) atoms. The molecule has 0 aliphatic heterocycles. The van der Waals surface area contributed by atoms with E-state index in [0.717, 1.165) is 22.4 Å².